The molecule has 1 aromatic rings. The highest BCUT2D eigenvalue weighted by Gasteiger charge is 2.25. The molecule has 0 unspecified atom stereocenters. The van der Waals surface area contributed by atoms with Crippen molar-refractivity contribution in [3.05, 3.63) is 29.6 Å². The molecule has 118 valence electrons. The molecule has 3 heteroatoms. The number of anilines is 1. The number of rotatable bonds is 9. The first kappa shape index (κ1) is 16.3. The third-order valence-electron chi connectivity index (χ3n) is 3.92. The molecule has 0 atom stereocenters. The van der Waals surface area contributed by atoms with E-state index in [1.165, 1.54) is 18.5 Å². The second kappa shape index (κ2) is 7.79. The van der Waals surface area contributed by atoms with Crippen LogP contribution in [0.4, 0.5) is 10.1 Å². The maximum Gasteiger partial charge on any atom is 0.123 e. The molecule has 1 N–H and O–H groups in total. The van der Waals surface area contributed by atoms with E-state index in [9.17, 15) is 4.39 Å². The molecule has 1 aromatic carbocycles. The third-order valence-corrected chi connectivity index (χ3v) is 3.92. The molecule has 1 aliphatic rings. The predicted molar refractivity (Wildman–Crippen MR) is 88.2 cm³/mol. The Hall–Kier alpha value is -1.09. The molecule has 21 heavy (non-hydrogen) atoms. The van der Waals surface area contributed by atoms with Gasteiger partial charge in [0.25, 0.3) is 0 Å². The summed E-state index contributed by atoms with van der Waals surface area (Å²) in [7, 11) is 0. The number of hydrogen-bond donors (Lipinski definition) is 1. The highest BCUT2D eigenvalue weighted by Crippen LogP contribution is 2.32. The van der Waals surface area contributed by atoms with Gasteiger partial charge in [0.2, 0.25) is 0 Å². The molecule has 0 amide bonds. The van der Waals surface area contributed by atoms with Crippen molar-refractivity contribution >= 4 is 5.69 Å². The Bertz CT molecular complexity index is 441. The van der Waals surface area contributed by atoms with E-state index >= 15 is 0 Å². The molecule has 0 aromatic heterocycles. The molecule has 0 aliphatic heterocycles. The van der Waals surface area contributed by atoms with Crippen LogP contribution in [0.15, 0.2) is 18.2 Å². The van der Waals surface area contributed by atoms with Crippen LogP contribution in [0.3, 0.4) is 0 Å². The van der Waals surface area contributed by atoms with Gasteiger partial charge in [-0.1, -0.05) is 20.8 Å². The number of nitrogens with zero attached hydrogens (tertiary/aromatic N) is 1. The van der Waals surface area contributed by atoms with Crippen molar-refractivity contribution in [2.75, 3.05) is 24.5 Å². The van der Waals surface area contributed by atoms with Crippen molar-refractivity contribution in [3.8, 4) is 0 Å². The van der Waals surface area contributed by atoms with Crippen LogP contribution in [0, 0.1) is 17.7 Å². The normalized spacial score (nSPS) is 14.7. The fourth-order valence-electron chi connectivity index (χ4n) is 2.69. The molecule has 0 spiro atoms. The highest BCUT2D eigenvalue weighted by atomic mass is 19.1. The molecule has 2 rings (SSSR count). The van der Waals surface area contributed by atoms with Crippen LogP contribution in [0.1, 0.15) is 45.6 Å². The van der Waals surface area contributed by atoms with Gasteiger partial charge in [-0.3, -0.25) is 0 Å². The van der Waals surface area contributed by atoms with Crippen molar-refractivity contribution in [1.29, 1.82) is 0 Å². The molecular weight excluding hydrogens is 263 g/mol. The zero-order valence-corrected chi connectivity index (χ0v) is 13.7. The first-order valence-electron chi connectivity index (χ1n) is 8.34. The lowest BCUT2D eigenvalue weighted by Gasteiger charge is -2.27. The third kappa shape index (κ3) is 5.31. The first-order chi connectivity index (χ1) is 10.1. The molecule has 0 radical (unpaired) electrons. The molecule has 0 heterocycles. The number of halogens is 1. The van der Waals surface area contributed by atoms with E-state index in [0.717, 1.165) is 44.1 Å². The van der Waals surface area contributed by atoms with Gasteiger partial charge in [0.1, 0.15) is 5.82 Å². The first-order valence-corrected chi connectivity index (χ1v) is 8.34. The average Bonchev–Trinajstić information content (AvgIpc) is 3.22. The minimum atomic E-state index is -0.136. The van der Waals surface area contributed by atoms with Crippen molar-refractivity contribution in [2.45, 2.75) is 46.6 Å². The van der Waals surface area contributed by atoms with E-state index in [1.54, 1.807) is 12.1 Å². The summed E-state index contributed by atoms with van der Waals surface area (Å²) in [5.41, 5.74) is 2.30. The van der Waals surface area contributed by atoms with Crippen molar-refractivity contribution in [3.63, 3.8) is 0 Å². The van der Waals surface area contributed by atoms with E-state index in [4.69, 9.17) is 0 Å². The Morgan fingerprint density at radius 1 is 1.33 bits per heavy atom. The van der Waals surface area contributed by atoms with Crippen LogP contribution < -0.4 is 10.2 Å². The summed E-state index contributed by atoms with van der Waals surface area (Å²) < 4.78 is 13.6. The fraction of sp³-hybridized carbons (Fsp3) is 0.667. The van der Waals surface area contributed by atoms with Gasteiger partial charge in [0.15, 0.2) is 0 Å². The topological polar surface area (TPSA) is 15.3 Å². The molecule has 0 bridgehead atoms. The largest absolute Gasteiger partial charge is 0.371 e. The second-order valence-electron chi connectivity index (χ2n) is 6.69. The number of hydrogen-bond acceptors (Lipinski definition) is 2. The molecule has 1 saturated carbocycles. The molecule has 2 nitrogen and oxygen atoms in total. The summed E-state index contributed by atoms with van der Waals surface area (Å²) in [5.74, 6) is 1.32. The Kier molecular flexibility index (Phi) is 6.04. The lowest BCUT2D eigenvalue weighted by atomic mass is 10.1. The van der Waals surface area contributed by atoms with Gasteiger partial charge in [-0.05, 0) is 61.4 Å². The number of nitrogens with one attached hydrogen (secondary N) is 1. The van der Waals surface area contributed by atoms with Gasteiger partial charge in [-0.2, -0.15) is 0 Å². The van der Waals surface area contributed by atoms with Gasteiger partial charge in [0.05, 0.1) is 0 Å². The van der Waals surface area contributed by atoms with E-state index in [-0.39, 0.29) is 5.82 Å². The van der Waals surface area contributed by atoms with Gasteiger partial charge in [-0.25, -0.2) is 4.39 Å². The van der Waals surface area contributed by atoms with Crippen LogP contribution in [0.5, 0.6) is 0 Å². The average molecular weight is 292 g/mol. The van der Waals surface area contributed by atoms with Crippen molar-refractivity contribution < 1.29 is 4.39 Å². The zero-order valence-electron chi connectivity index (χ0n) is 13.7. The summed E-state index contributed by atoms with van der Waals surface area (Å²) in [4.78, 5) is 2.45. The van der Waals surface area contributed by atoms with Crippen LogP contribution in [0.25, 0.3) is 0 Å². The molecule has 1 aliphatic carbocycles. The lowest BCUT2D eigenvalue weighted by molar-refractivity contribution is 0.549. The van der Waals surface area contributed by atoms with Gasteiger partial charge in [0, 0.05) is 25.3 Å². The van der Waals surface area contributed by atoms with Crippen molar-refractivity contribution in [2.24, 2.45) is 11.8 Å². The van der Waals surface area contributed by atoms with Crippen LogP contribution in [0.2, 0.25) is 0 Å². The van der Waals surface area contributed by atoms with E-state index < -0.39 is 0 Å². The summed E-state index contributed by atoms with van der Waals surface area (Å²) in [5, 5.41) is 3.44. The van der Waals surface area contributed by atoms with E-state index in [1.807, 2.05) is 6.07 Å². The zero-order chi connectivity index (χ0) is 15.2. The van der Waals surface area contributed by atoms with Gasteiger partial charge >= 0.3 is 0 Å². The van der Waals surface area contributed by atoms with Crippen LogP contribution in [-0.4, -0.2) is 19.6 Å². The molecule has 0 saturated heterocycles. The standard InChI is InChI=1S/C18H29FN2/c1-4-9-21(13-15-5-6-15)18-8-7-17(19)10-16(18)12-20-11-14(2)3/h7-8,10,14-15,20H,4-6,9,11-13H2,1-3H3. The van der Waals surface area contributed by atoms with Crippen LogP contribution >= 0.6 is 0 Å². The lowest BCUT2D eigenvalue weighted by Crippen LogP contribution is -2.29. The van der Waals surface area contributed by atoms with Crippen molar-refractivity contribution in [1.82, 2.24) is 5.32 Å². The SMILES string of the molecule is CCCN(CC1CC1)c1ccc(F)cc1CNCC(C)C. The van der Waals surface area contributed by atoms with Gasteiger partial charge in [-0.15, -0.1) is 0 Å². The van der Waals surface area contributed by atoms with Crippen LogP contribution in [-0.2, 0) is 6.54 Å². The Labute approximate surface area is 128 Å². The maximum atomic E-state index is 13.6. The highest BCUT2D eigenvalue weighted by molar-refractivity contribution is 5.54. The van der Waals surface area contributed by atoms with Gasteiger partial charge < -0.3 is 10.2 Å². The van der Waals surface area contributed by atoms with E-state index in [2.05, 4.69) is 31.0 Å². The summed E-state index contributed by atoms with van der Waals surface area (Å²) in [6.45, 7) is 10.5. The summed E-state index contributed by atoms with van der Waals surface area (Å²) >= 11 is 0. The smallest absolute Gasteiger partial charge is 0.123 e. The monoisotopic (exact) mass is 292 g/mol. The Morgan fingerprint density at radius 2 is 2.10 bits per heavy atom. The predicted octanol–water partition coefficient (Wildman–Crippen LogP) is 4.20. The minimum absolute atomic E-state index is 0.136. The molecular formula is C18H29FN2. The Balaban J connectivity index is 2.10. The summed E-state index contributed by atoms with van der Waals surface area (Å²) in [6, 6.07) is 5.24. The quantitative estimate of drug-likeness (QED) is 0.734. The molecule has 1 fully saturated rings. The Morgan fingerprint density at radius 3 is 2.71 bits per heavy atom. The van der Waals surface area contributed by atoms with E-state index in [0.29, 0.717) is 5.92 Å². The number of benzene rings is 1. The minimum Gasteiger partial charge on any atom is -0.371 e. The second-order valence-corrected chi connectivity index (χ2v) is 6.69. The fourth-order valence-corrected chi connectivity index (χ4v) is 2.69. The maximum absolute atomic E-state index is 13.6. The summed E-state index contributed by atoms with van der Waals surface area (Å²) in [6.07, 6.45) is 3.83.